The van der Waals surface area contributed by atoms with Crippen LogP contribution in [0, 0.1) is 5.92 Å². The van der Waals surface area contributed by atoms with Gasteiger partial charge >= 0.3 is 0 Å². The van der Waals surface area contributed by atoms with Gasteiger partial charge in [0.1, 0.15) is 11.6 Å². The van der Waals surface area contributed by atoms with E-state index >= 15 is 0 Å². The van der Waals surface area contributed by atoms with E-state index in [0.717, 1.165) is 37.6 Å². The van der Waals surface area contributed by atoms with Crippen molar-refractivity contribution in [1.82, 2.24) is 4.98 Å². The molecular formula is C13H20N2O2. The molecule has 0 amide bonds. The Labute approximate surface area is 102 Å². The fourth-order valence-electron chi connectivity index (χ4n) is 2.22. The Bertz CT molecular complexity index is 340. The number of hydrogen-bond acceptors (Lipinski definition) is 4. The van der Waals surface area contributed by atoms with Crippen molar-refractivity contribution in [1.29, 1.82) is 0 Å². The first-order chi connectivity index (χ1) is 8.33. The molecule has 0 radical (unpaired) electrons. The lowest BCUT2D eigenvalue weighted by Crippen LogP contribution is -2.23. The molecule has 1 aliphatic rings. The zero-order valence-electron chi connectivity index (χ0n) is 10.5. The minimum absolute atomic E-state index is 0.403. The van der Waals surface area contributed by atoms with E-state index in [-0.39, 0.29) is 0 Å². The van der Waals surface area contributed by atoms with Crippen molar-refractivity contribution in [3.05, 3.63) is 18.3 Å². The first-order valence-corrected chi connectivity index (χ1v) is 6.19. The predicted molar refractivity (Wildman–Crippen MR) is 67.4 cm³/mol. The molecule has 2 unspecified atom stereocenters. The molecule has 4 heteroatoms. The topological polar surface area (TPSA) is 43.4 Å². The van der Waals surface area contributed by atoms with Crippen molar-refractivity contribution < 1.29 is 9.47 Å². The molecule has 0 aromatic carbocycles. The Hall–Kier alpha value is -1.29. The zero-order chi connectivity index (χ0) is 12.1. The summed E-state index contributed by atoms with van der Waals surface area (Å²) in [6.45, 7) is 3.99. The molecule has 1 saturated heterocycles. The molecule has 0 bridgehead atoms. The van der Waals surface area contributed by atoms with Crippen LogP contribution < -0.4 is 10.1 Å². The van der Waals surface area contributed by atoms with E-state index in [1.165, 1.54) is 0 Å². The van der Waals surface area contributed by atoms with Crippen LogP contribution in [0.3, 0.4) is 0 Å². The number of nitrogens with one attached hydrogen (secondary N) is 1. The SMILES string of the molecule is CCC1OCCC1CNc1ccc(OC)cn1. The number of aromatic nitrogens is 1. The molecule has 1 aromatic heterocycles. The summed E-state index contributed by atoms with van der Waals surface area (Å²) in [6.07, 6.45) is 4.36. The molecule has 1 aromatic rings. The summed E-state index contributed by atoms with van der Waals surface area (Å²) in [7, 11) is 1.64. The standard InChI is InChI=1S/C13H20N2O2/c1-3-12-10(6-7-17-12)8-14-13-5-4-11(16-2)9-15-13/h4-5,9-10,12H,3,6-8H2,1-2H3,(H,14,15). The molecule has 94 valence electrons. The molecule has 0 saturated carbocycles. The highest BCUT2D eigenvalue weighted by atomic mass is 16.5. The first kappa shape index (κ1) is 12.2. The van der Waals surface area contributed by atoms with E-state index in [9.17, 15) is 0 Å². The van der Waals surface area contributed by atoms with Gasteiger partial charge in [-0.25, -0.2) is 4.98 Å². The van der Waals surface area contributed by atoms with Crippen LogP contribution in [0.4, 0.5) is 5.82 Å². The number of nitrogens with zero attached hydrogens (tertiary/aromatic N) is 1. The number of ether oxygens (including phenoxy) is 2. The van der Waals surface area contributed by atoms with Gasteiger partial charge < -0.3 is 14.8 Å². The van der Waals surface area contributed by atoms with Gasteiger partial charge in [-0.05, 0) is 25.0 Å². The number of hydrogen-bond donors (Lipinski definition) is 1. The average molecular weight is 236 g/mol. The Morgan fingerprint density at radius 2 is 2.41 bits per heavy atom. The second kappa shape index (κ2) is 5.87. The van der Waals surface area contributed by atoms with Crippen LogP contribution in [0.15, 0.2) is 18.3 Å². The Balaban J connectivity index is 1.84. The number of methoxy groups -OCH3 is 1. The third-order valence-electron chi connectivity index (χ3n) is 3.27. The average Bonchev–Trinajstić information content (AvgIpc) is 2.84. The smallest absolute Gasteiger partial charge is 0.137 e. The van der Waals surface area contributed by atoms with Gasteiger partial charge in [-0.2, -0.15) is 0 Å². The lowest BCUT2D eigenvalue weighted by Gasteiger charge is -2.17. The van der Waals surface area contributed by atoms with Crippen LogP contribution in [-0.4, -0.2) is 31.3 Å². The van der Waals surface area contributed by atoms with Crippen LogP contribution in [0.2, 0.25) is 0 Å². The maximum Gasteiger partial charge on any atom is 0.137 e. The third kappa shape index (κ3) is 3.09. The van der Waals surface area contributed by atoms with E-state index in [4.69, 9.17) is 9.47 Å². The number of anilines is 1. The summed E-state index contributed by atoms with van der Waals surface area (Å²) in [5, 5.41) is 3.36. The summed E-state index contributed by atoms with van der Waals surface area (Å²) in [4.78, 5) is 4.28. The fourth-order valence-corrected chi connectivity index (χ4v) is 2.22. The Morgan fingerprint density at radius 1 is 1.53 bits per heavy atom. The molecule has 17 heavy (non-hydrogen) atoms. The van der Waals surface area contributed by atoms with E-state index in [1.54, 1.807) is 13.3 Å². The monoisotopic (exact) mass is 236 g/mol. The van der Waals surface area contributed by atoms with Crippen LogP contribution in [0.1, 0.15) is 19.8 Å². The number of pyridine rings is 1. The lowest BCUT2D eigenvalue weighted by atomic mass is 10.00. The second-order valence-electron chi connectivity index (χ2n) is 4.33. The Kier molecular flexibility index (Phi) is 4.20. The zero-order valence-corrected chi connectivity index (χ0v) is 10.5. The predicted octanol–water partition coefficient (Wildman–Crippen LogP) is 2.32. The van der Waals surface area contributed by atoms with Gasteiger partial charge in [-0.15, -0.1) is 0 Å². The van der Waals surface area contributed by atoms with Crippen LogP contribution >= 0.6 is 0 Å². The highest BCUT2D eigenvalue weighted by Gasteiger charge is 2.26. The van der Waals surface area contributed by atoms with Gasteiger partial charge in [0.25, 0.3) is 0 Å². The molecule has 1 aliphatic heterocycles. The summed E-state index contributed by atoms with van der Waals surface area (Å²) in [6, 6.07) is 3.85. The third-order valence-corrected chi connectivity index (χ3v) is 3.27. The largest absolute Gasteiger partial charge is 0.495 e. The molecule has 0 aliphatic carbocycles. The highest BCUT2D eigenvalue weighted by molar-refractivity contribution is 5.37. The minimum atomic E-state index is 0.403. The molecule has 1 fully saturated rings. The fraction of sp³-hybridized carbons (Fsp3) is 0.615. The summed E-state index contributed by atoms with van der Waals surface area (Å²) < 4.78 is 10.7. The maximum absolute atomic E-state index is 5.66. The summed E-state index contributed by atoms with van der Waals surface area (Å²) >= 11 is 0. The van der Waals surface area contributed by atoms with E-state index in [2.05, 4.69) is 17.2 Å². The van der Waals surface area contributed by atoms with Gasteiger partial charge in [-0.3, -0.25) is 0 Å². The second-order valence-corrected chi connectivity index (χ2v) is 4.33. The van der Waals surface area contributed by atoms with Gasteiger partial charge in [0.05, 0.1) is 19.4 Å². The molecule has 1 N–H and O–H groups in total. The summed E-state index contributed by atoms with van der Waals surface area (Å²) in [5.74, 6) is 2.28. The van der Waals surface area contributed by atoms with Crippen LogP contribution in [0.25, 0.3) is 0 Å². The molecule has 0 spiro atoms. The van der Waals surface area contributed by atoms with Crippen molar-refractivity contribution in [2.75, 3.05) is 25.6 Å². The van der Waals surface area contributed by atoms with Crippen molar-refractivity contribution in [2.45, 2.75) is 25.9 Å². The molecular weight excluding hydrogens is 216 g/mol. The normalized spacial score (nSPS) is 23.6. The summed E-state index contributed by atoms with van der Waals surface area (Å²) in [5.41, 5.74) is 0. The van der Waals surface area contributed by atoms with Gasteiger partial charge in [0, 0.05) is 19.1 Å². The Morgan fingerprint density at radius 3 is 3.06 bits per heavy atom. The molecule has 4 nitrogen and oxygen atoms in total. The van der Waals surface area contributed by atoms with Crippen molar-refractivity contribution >= 4 is 5.82 Å². The molecule has 2 atom stereocenters. The lowest BCUT2D eigenvalue weighted by molar-refractivity contribution is 0.0900. The first-order valence-electron chi connectivity index (χ1n) is 6.19. The minimum Gasteiger partial charge on any atom is -0.495 e. The van der Waals surface area contributed by atoms with Gasteiger partial charge in [0.2, 0.25) is 0 Å². The maximum atomic E-state index is 5.66. The highest BCUT2D eigenvalue weighted by Crippen LogP contribution is 2.23. The van der Waals surface area contributed by atoms with Crippen LogP contribution in [0.5, 0.6) is 5.75 Å². The van der Waals surface area contributed by atoms with Crippen molar-refractivity contribution in [3.63, 3.8) is 0 Å². The van der Waals surface area contributed by atoms with Crippen molar-refractivity contribution in [3.8, 4) is 5.75 Å². The van der Waals surface area contributed by atoms with E-state index < -0.39 is 0 Å². The molecule has 2 heterocycles. The van der Waals surface area contributed by atoms with Crippen LogP contribution in [-0.2, 0) is 4.74 Å². The number of rotatable bonds is 5. The van der Waals surface area contributed by atoms with Gasteiger partial charge in [-0.1, -0.05) is 6.92 Å². The molecule has 2 rings (SSSR count). The van der Waals surface area contributed by atoms with E-state index in [0.29, 0.717) is 12.0 Å². The quantitative estimate of drug-likeness (QED) is 0.852. The van der Waals surface area contributed by atoms with Gasteiger partial charge in [0.15, 0.2) is 0 Å². The van der Waals surface area contributed by atoms with E-state index in [1.807, 2.05) is 12.1 Å². The van der Waals surface area contributed by atoms with Crippen molar-refractivity contribution in [2.24, 2.45) is 5.92 Å².